The standard InChI is InChI=1S/C8H17NO4S/c1-6-9(8(2,3)4)7(10)13-14(5,11)12/h6H2,1-5H3. The second-order valence-corrected chi connectivity index (χ2v) is 5.54. The van der Waals surface area contributed by atoms with Crippen molar-refractivity contribution in [3.05, 3.63) is 0 Å². The molecule has 0 heterocycles. The van der Waals surface area contributed by atoms with E-state index >= 15 is 0 Å². The number of rotatable bonds is 2. The van der Waals surface area contributed by atoms with Crippen molar-refractivity contribution in [3.8, 4) is 0 Å². The Morgan fingerprint density at radius 1 is 1.36 bits per heavy atom. The van der Waals surface area contributed by atoms with Crippen molar-refractivity contribution in [3.63, 3.8) is 0 Å². The van der Waals surface area contributed by atoms with Gasteiger partial charge in [0.2, 0.25) is 0 Å². The molecule has 0 rings (SSSR count). The van der Waals surface area contributed by atoms with Crippen LogP contribution in [0.25, 0.3) is 0 Å². The third-order valence-corrected chi connectivity index (χ3v) is 2.01. The van der Waals surface area contributed by atoms with Crippen LogP contribution in [-0.4, -0.2) is 37.8 Å². The van der Waals surface area contributed by atoms with Crippen LogP contribution in [0.5, 0.6) is 0 Å². The predicted molar refractivity (Wildman–Crippen MR) is 53.5 cm³/mol. The summed E-state index contributed by atoms with van der Waals surface area (Å²) in [5.74, 6) is 0. The van der Waals surface area contributed by atoms with Crippen molar-refractivity contribution >= 4 is 16.2 Å². The Labute approximate surface area is 85.2 Å². The van der Waals surface area contributed by atoms with E-state index in [0.717, 1.165) is 6.26 Å². The van der Waals surface area contributed by atoms with Crippen molar-refractivity contribution in [2.45, 2.75) is 33.2 Å². The molecule has 84 valence electrons. The average Bonchev–Trinajstić information content (AvgIpc) is 1.79. The van der Waals surface area contributed by atoms with Crippen LogP contribution in [0.2, 0.25) is 0 Å². The lowest BCUT2D eigenvalue weighted by atomic mass is 10.1. The fourth-order valence-electron chi connectivity index (χ4n) is 1.05. The van der Waals surface area contributed by atoms with Crippen LogP contribution in [0.1, 0.15) is 27.7 Å². The summed E-state index contributed by atoms with van der Waals surface area (Å²) in [6.07, 6.45) is 0.0176. The maximum absolute atomic E-state index is 11.4. The fourth-order valence-corrected chi connectivity index (χ4v) is 1.40. The first-order valence-corrected chi connectivity index (χ1v) is 6.10. The molecule has 0 aromatic carbocycles. The minimum absolute atomic E-state index is 0.401. The molecule has 0 N–H and O–H groups in total. The van der Waals surface area contributed by atoms with Gasteiger partial charge in [-0.15, -0.1) is 0 Å². The lowest BCUT2D eigenvalue weighted by Crippen LogP contribution is -2.46. The molecule has 0 aliphatic carbocycles. The molecule has 1 amide bonds. The molecule has 0 atom stereocenters. The van der Waals surface area contributed by atoms with E-state index in [1.807, 2.05) is 0 Å². The molecule has 0 unspecified atom stereocenters. The van der Waals surface area contributed by atoms with E-state index in [0.29, 0.717) is 6.54 Å². The normalized spacial score (nSPS) is 12.4. The molecule has 0 aliphatic rings. The number of hydrogen-bond acceptors (Lipinski definition) is 4. The first kappa shape index (κ1) is 13.2. The van der Waals surface area contributed by atoms with Gasteiger partial charge >= 0.3 is 16.2 Å². The SMILES string of the molecule is CCN(C(=O)OS(C)(=O)=O)C(C)(C)C. The monoisotopic (exact) mass is 223 g/mol. The molecular weight excluding hydrogens is 206 g/mol. The number of nitrogens with zero attached hydrogens (tertiary/aromatic N) is 1. The molecule has 0 saturated carbocycles. The van der Waals surface area contributed by atoms with Gasteiger partial charge in [0.25, 0.3) is 0 Å². The van der Waals surface area contributed by atoms with E-state index in [9.17, 15) is 13.2 Å². The Balaban J connectivity index is 4.66. The number of amides is 1. The van der Waals surface area contributed by atoms with Gasteiger partial charge in [0.15, 0.2) is 0 Å². The Hall–Kier alpha value is -0.780. The van der Waals surface area contributed by atoms with Gasteiger partial charge in [-0.2, -0.15) is 8.42 Å². The van der Waals surface area contributed by atoms with Gasteiger partial charge in [0, 0.05) is 12.1 Å². The zero-order valence-electron chi connectivity index (χ0n) is 9.20. The van der Waals surface area contributed by atoms with Gasteiger partial charge in [-0.25, -0.2) is 4.79 Å². The minimum atomic E-state index is -3.73. The van der Waals surface area contributed by atoms with Gasteiger partial charge in [0.1, 0.15) is 0 Å². The fraction of sp³-hybridized carbons (Fsp3) is 0.875. The van der Waals surface area contributed by atoms with Crippen molar-refractivity contribution < 1.29 is 17.4 Å². The quantitative estimate of drug-likeness (QED) is 0.660. The second-order valence-electron chi connectivity index (χ2n) is 3.97. The van der Waals surface area contributed by atoms with E-state index in [1.54, 1.807) is 27.7 Å². The smallest absolute Gasteiger partial charge is 0.328 e. The van der Waals surface area contributed by atoms with Gasteiger partial charge in [0.05, 0.1) is 6.26 Å². The van der Waals surface area contributed by atoms with Crippen LogP contribution >= 0.6 is 0 Å². The summed E-state index contributed by atoms with van der Waals surface area (Å²) in [5.41, 5.74) is -0.448. The molecule has 0 aliphatic heterocycles. The molecule has 0 saturated heterocycles. The first-order valence-electron chi connectivity index (χ1n) is 4.29. The summed E-state index contributed by atoms with van der Waals surface area (Å²) in [6.45, 7) is 7.58. The maximum Gasteiger partial charge on any atom is 0.425 e. The highest BCUT2D eigenvalue weighted by molar-refractivity contribution is 7.86. The summed E-state index contributed by atoms with van der Waals surface area (Å²) in [6, 6.07) is 0. The van der Waals surface area contributed by atoms with E-state index in [1.165, 1.54) is 4.90 Å². The molecule has 0 radical (unpaired) electrons. The molecule has 0 spiro atoms. The van der Waals surface area contributed by atoms with Gasteiger partial charge in [-0.1, -0.05) is 0 Å². The number of carbonyl (C=O) groups is 1. The predicted octanol–water partition coefficient (Wildman–Crippen LogP) is 1.20. The molecule has 6 heteroatoms. The van der Waals surface area contributed by atoms with Gasteiger partial charge < -0.3 is 9.08 Å². The molecule has 5 nitrogen and oxygen atoms in total. The van der Waals surface area contributed by atoms with Crippen molar-refractivity contribution in [1.29, 1.82) is 0 Å². The summed E-state index contributed by atoms with van der Waals surface area (Å²) >= 11 is 0. The Bertz CT molecular complexity index is 302. The highest BCUT2D eigenvalue weighted by atomic mass is 32.2. The highest BCUT2D eigenvalue weighted by Crippen LogP contribution is 2.14. The highest BCUT2D eigenvalue weighted by Gasteiger charge is 2.28. The number of carbonyl (C=O) groups excluding carboxylic acids is 1. The van der Waals surface area contributed by atoms with Crippen molar-refractivity contribution in [2.75, 3.05) is 12.8 Å². The summed E-state index contributed by atoms with van der Waals surface area (Å²) < 4.78 is 25.7. The molecular formula is C8H17NO4S. The minimum Gasteiger partial charge on any atom is -0.328 e. The maximum atomic E-state index is 11.4. The third kappa shape index (κ3) is 4.45. The van der Waals surface area contributed by atoms with Crippen LogP contribution in [0.3, 0.4) is 0 Å². The van der Waals surface area contributed by atoms with E-state index in [2.05, 4.69) is 4.18 Å². The van der Waals surface area contributed by atoms with E-state index in [4.69, 9.17) is 0 Å². The third-order valence-electron chi connectivity index (χ3n) is 1.57. The molecule has 0 fully saturated rings. The lowest BCUT2D eigenvalue weighted by molar-refractivity contribution is 0.113. The molecule has 0 aromatic rings. The summed E-state index contributed by atoms with van der Waals surface area (Å²) in [5, 5.41) is 0. The van der Waals surface area contributed by atoms with Crippen LogP contribution in [0.15, 0.2) is 0 Å². The van der Waals surface area contributed by atoms with E-state index < -0.39 is 21.8 Å². The Kier molecular flexibility index (Phi) is 3.93. The van der Waals surface area contributed by atoms with Crippen LogP contribution in [-0.2, 0) is 14.3 Å². The summed E-state index contributed by atoms with van der Waals surface area (Å²) in [4.78, 5) is 12.7. The molecule has 0 aromatic heterocycles. The number of hydrogen-bond donors (Lipinski definition) is 0. The zero-order chi connectivity index (χ0) is 11.6. The van der Waals surface area contributed by atoms with Gasteiger partial charge in [-0.3, -0.25) is 0 Å². The zero-order valence-corrected chi connectivity index (χ0v) is 10.0. The lowest BCUT2D eigenvalue weighted by Gasteiger charge is -2.33. The molecule has 0 bridgehead atoms. The topological polar surface area (TPSA) is 63.7 Å². The first-order chi connectivity index (χ1) is 6.08. The van der Waals surface area contributed by atoms with Crippen molar-refractivity contribution in [1.82, 2.24) is 4.90 Å². The van der Waals surface area contributed by atoms with Crippen molar-refractivity contribution in [2.24, 2.45) is 0 Å². The van der Waals surface area contributed by atoms with Gasteiger partial charge in [-0.05, 0) is 27.7 Å². The Morgan fingerprint density at radius 3 is 2.00 bits per heavy atom. The largest absolute Gasteiger partial charge is 0.425 e. The molecule has 14 heavy (non-hydrogen) atoms. The van der Waals surface area contributed by atoms with Crippen LogP contribution < -0.4 is 0 Å². The second kappa shape index (κ2) is 4.16. The van der Waals surface area contributed by atoms with Crippen LogP contribution in [0, 0.1) is 0 Å². The van der Waals surface area contributed by atoms with E-state index in [-0.39, 0.29) is 0 Å². The average molecular weight is 223 g/mol. The van der Waals surface area contributed by atoms with Crippen LogP contribution in [0.4, 0.5) is 4.79 Å². The summed E-state index contributed by atoms with van der Waals surface area (Å²) in [7, 11) is -3.73. The Morgan fingerprint density at radius 2 is 1.79 bits per heavy atom.